The average Bonchev–Trinajstić information content (AvgIpc) is 2.20. The highest BCUT2D eigenvalue weighted by Crippen LogP contribution is 1.85. The van der Waals surface area contributed by atoms with Gasteiger partial charge in [-0.3, -0.25) is 9.00 Å². The Hall–Kier alpha value is -0.460. The van der Waals surface area contributed by atoms with E-state index in [2.05, 4.69) is 0 Å². The number of rotatable bonds is 1. The van der Waals surface area contributed by atoms with Gasteiger partial charge in [0.25, 0.3) is 0 Å². The molecular formula is C9H21NO4S. The number of nitrogens with zero attached hydrogens (tertiary/aromatic N) is 1. The van der Waals surface area contributed by atoms with Gasteiger partial charge in [0.15, 0.2) is 0 Å². The minimum atomic E-state index is -0.611. The smallest absolute Gasteiger partial charge is 0.209 e. The SMILES string of the molecule is C1COCCO1.CN(C)C=O.CS(C)=O. The molecule has 0 unspecified atom stereocenters. The molecule has 0 radical (unpaired) electrons. The van der Waals surface area contributed by atoms with Crippen molar-refractivity contribution in [2.45, 2.75) is 0 Å². The van der Waals surface area contributed by atoms with Crippen LogP contribution in [-0.4, -0.2) is 68.6 Å². The zero-order chi connectivity index (χ0) is 12.1. The second-order valence-electron chi connectivity index (χ2n) is 3.04. The number of hydrogen-bond donors (Lipinski definition) is 0. The molecule has 0 aliphatic carbocycles. The Labute approximate surface area is 94.2 Å². The number of hydrogen-bond acceptors (Lipinski definition) is 4. The largest absolute Gasteiger partial charge is 0.377 e. The normalized spacial score (nSPS) is 14.2. The van der Waals surface area contributed by atoms with E-state index in [1.165, 1.54) is 4.90 Å². The summed E-state index contributed by atoms with van der Waals surface area (Å²) in [5, 5.41) is 0. The zero-order valence-electron chi connectivity index (χ0n) is 9.89. The summed E-state index contributed by atoms with van der Waals surface area (Å²) in [5.41, 5.74) is 0. The summed E-state index contributed by atoms with van der Waals surface area (Å²) >= 11 is 0. The van der Waals surface area contributed by atoms with E-state index >= 15 is 0 Å². The van der Waals surface area contributed by atoms with E-state index in [4.69, 9.17) is 9.47 Å². The lowest BCUT2D eigenvalue weighted by Crippen LogP contribution is -2.16. The zero-order valence-corrected chi connectivity index (χ0v) is 10.7. The Kier molecular flexibility index (Phi) is 15.3. The molecule has 0 aromatic heterocycles. The molecule has 1 fully saturated rings. The minimum Gasteiger partial charge on any atom is -0.377 e. The summed E-state index contributed by atoms with van der Waals surface area (Å²) in [6.07, 6.45) is 4.03. The van der Waals surface area contributed by atoms with Crippen molar-refractivity contribution < 1.29 is 18.5 Å². The van der Waals surface area contributed by atoms with Gasteiger partial charge in [-0.1, -0.05) is 0 Å². The van der Waals surface area contributed by atoms with Gasteiger partial charge in [-0.05, 0) is 0 Å². The Balaban J connectivity index is 0. The second-order valence-corrected chi connectivity index (χ2v) is 4.52. The van der Waals surface area contributed by atoms with Crippen molar-refractivity contribution in [2.24, 2.45) is 0 Å². The van der Waals surface area contributed by atoms with Crippen molar-refractivity contribution in [1.82, 2.24) is 4.90 Å². The molecule has 6 heteroatoms. The Morgan fingerprint density at radius 3 is 1.33 bits per heavy atom. The lowest BCUT2D eigenvalue weighted by Gasteiger charge is -2.09. The Morgan fingerprint density at radius 2 is 1.27 bits per heavy atom. The summed E-state index contributed by atoms with van der Waals surface area (Å²) in [7, 11) is 2.76. The first-order chi connectivity index (χ1) is 7.00. The molecule has 92 valence electrons. The van der Waals surface area contributed by atoms with Crippen molar-refractivity contribution in [3.8, 4) is 0 Å². The van der Waals surface area contributed by atoms with Crippen LogP contribution in [0, 0.1) is 0 Å². The number of carbonyl (C=O) groups excluding carboxylic acids is 1. The van der Waals surface area contributed by atoms with Gasteiger partial charge in [0.2, 0.25) is 6.41 Å². The number of amides is 1. The Bertz CT molecular complexity index is 145. The van der Waals surface area contributed by atoms with E-state index in [9.17, 15) is 9.00 Å². The van der Waals surface area contributed by atoms with Gasteiger partial charge < -0.3 is 14.4 Å². The molecular weight excluding hydrogens is 218 g/mol. The standard InChI is InChI=1S/C4H8O2.C3H7NO.C2H6OS/c1-2-6-4-3-5-1;1-4(2)3-5;1-4(2)3/h1-4H2;3H,1-2H3;1-2H3. The van der Waals surface area contributed by atoms with Gasteiger partial charge in [-0.25, -0.2) is 0 Å². The predicted molar refractivity (Wildman–Crippen MR) is 61.4 cm³/mol. The summed E-state index contributed by atoms with van der Waals surface area (Å²) in [5.74, 6) is 0. The van der Waals surface area contributed by atoms with Crippen LogP contribution < -0.4 is 0 Å². The quantitative estimate of drug-likeness (QED) is 0.591. The van der Waals surface area contributed by atoms with Crippen molar-refractivity contribution in [3.05, 3.63) is 0 Å². The van der Waals surface area contributed by atoms with Crippen molar-refractivity contribution >= 4 is 17.2 Å². The number of ether oxygens (including phenoxy) is 2. The van der Waals surface area contributed by atoms with Crippen LogP contribution in [0.2, 0.25) is 0 Å². The fourth-order valence-electron chi connectivity index (χ4n) is 0.440. The molecule has 1 amide bonds. The Morgan fingerprint density at radius 1 is 1.07 bits per heavy atom. The third kappa shape index (κ3) is 31.7. The third-order valence-corrected chi connectivity index (χ3v) is 0.955. The van der Waals surface area contributed by atoms with Crippen LogP contribution in [-0.2, 0) is 25.1 Å². The molecule has 0 atom stereocenters. The van der Waals surface area contributed by atoms with E-state index in [0.29, 0.717) is 0 Å². The molecule has 15 heavy (non-hydrogen) atoms. The topological polar surface area (TPSA) is 55.8 Å². The summed E-state index contributed by atoms with van der Waals surface area (Å²) < 4.78 is 19.4. The van der Waals surface area contributed by atoms with Gasteiger partial charge in [0.05, 0.1) is 26.4 Å². The monoisotopic (exact) mass is 239 g/mol. The maximum absolute atomic E-state index is 9.56. The van der Waals surface area contributed by atoms with Gasteiger partial charge in [-0.2, -0.15) is 0 Å². The molecule has 1 aliphatic heterocycles. The van der Waals surface area contributed by atoms with Gasteiger partial charge in [-0.15, -0.1) is 0 Å². The van der Waals surface area contributed by atoms with E-state index in [0.717, 1.165) is 32.8 Å². The summed E-state index contributed by atoms with van der Waals surface area (Å²) in [6.45, 7) is 3.11. The molecule has 0 bridgehead atoms. The first-order valence-electron chi connectivity index (χ1n) is 4.53. The maximum Gasteiger partial charge on any atom is 0.209 e. The molecule has 1 heterocycles. The average molecular weight is 239 g/mol. The highest BCUT2D eigenvalue weighted by Gasteiger charge is 1.94. The maximum atomic E-state index is 9.56. The fraction of sp³-hybridized carbons (Fsp3) is 0.889. The van der Waals surface area contributed by atoms with Crippen LogP contribution in [0.1, 0.15) is 0 Å². The van der Waals surface area contributed by atoms with Crippen LogP contribution in [0.4, 0.5) is 0 Å². The molecule has 0 aromatic rings. The van der Waals surface area contributed by atoms with Gasteiger partial charge in [0, 0.05) is 37.4 Å². The van der Waals surface area contributed by atoms with E-state index in [1.54, 1.807) is 26.6 Å². The van der Waals surface area contributed by atoms with Crippen molar-refractivity contribution in [3.63, 3.8) is 0 Å². The minimum absolute atomic E-state index is 0.611. The first kappa shape index (κ1) is 17.0. The summed E-state index contributed by atoms with van der Waals surface area (Å²) in [4.78, 5) is 10.9. The van der Waals surface area contributed by atoms with Crippen molar-refractivity contribution in [1.29, 1.82) is 0 Å². The van der Waals surface area contributed by atoms with E-state index in [-0.39, 0.29) is 0 Å². The highest BCUT2D eigenvalue weighted by molar-refractivity contribution is 7.83. The van der Waals surface area contributed by atoms with Crippen LogP contribution in [0.3, 0.4) is 0 Å². The van der Waals surface area contributed by atoms with Gasteiger partial charge >= 0.3 is 0 Å². The van der Waals surface area contributed by atoms with Crippen LogP contribution in [0.25, 0.3) is 0 Å². The van der Waals surface area contributed by atoms with Crippen LogP contribution in [0.5, 0.6) is 0 Å². The molecule has 0 aromatic carbocycles. The molecule has 0 saturated carbocycles. The lowest BCUT2D eigenvalue weighted by molar-refractivity contribution is -0.115. The van der Waals surface area contributed by atoms with Gasteiger partial charge in [0.1, 0.15) is 0 Å². The summed E-state index contributed by atoms with van der Waals surface area (Å²) in [6, 6.07) is 0. The van der Waals surface area contributed by atoms with E-state index < -0.39 is 10.8 Å². The molecule has 1 aliphatic rings. The van der Waals surface area contributed by atoms with Crippen LogP contribution >= 0.6 is 0 Å². The van der Waals surface area contributed by atoms with Crippen LogP contribution in [0.15, 0.2) is 0 Å². The molecule has 0 N–H and O–H groups in total. The second kappa shape index (κ2) is 13.5. The molecule has 1 saturated heterocycles. The lowest BCUT2D eigenvalue weighted by atomic mass is 10.6. The van der Waals surface area contributed by atoms with Crippen molar-refractivity contribution in [2.75, 3.05) is 53.0 Å². The third-order valence-electron chi connectivity index (χ3n) is 0.955. The number of carbonyl (C=O) groups is 1. The molecule has 5 nitrogen and oxygen atoms in total. The first-order valence-corrected chi connectivity index (χ1v) is 6.49. The predicted octanol–water partition coefficient (Wildman–Crippen LogP) is -0.268. The van der Waals surface area contributed by atoms with E-state index in [1.807, 2.05) is 0 Å². The molecule has 1 rings (SSSR count). The fourth-order valence-corrected chi connectivity index (χ4v) is 0.440. The molecule has 0 spiro atoms. The highest BCUT2D eigenvalue weighted by atomic mass is 32.2.